The van der Waals surface area contributed by atoms with E-state index in [1.807, 2.05) is 32.3 Å². The van der Waals surface area contributed by atoms with Gasteiger partial charge in [-0.2, -0.15) is 4.98 Å². The average Bonchev–Trinajstić information content (AvgIpc) is 2.37. The van der Waals surface area contributed by atoms with E-state index in [-0.39, 0.29) is 0 Å². The monoisotopic (exact) mass is 271 g/mol. The Hall–Kier alpha value is -2.17. The summed E-state index contributed by atoms with van der Waals surface area (Å²) in [6.45, 7) is 6.94. The smallest absolute Gasteiger partial charge is 0.222 e. The molecule has 0 radical (unpaired) electrons. The van der Waals surface area contributed by atoms with Gasteiger partial charge in [-0.1, -0.05) is 13.8 Å². The van der Waals surface area contributed by atoms with E-state index < -0.39 is 0 Å². The molecule has 2 N–H and O–H groups in total. The van der Waals surface area contributed by atoms with E-state index in [1.54, 1.807) is 0 Å². The molecule has 2 aromatic heterocycles. The molecule has 0 aromatic carbocycles. The second-order valence-electron chi connectivity index (χ2n) is 5.33. The lowest BCUT2D eigenvalue weighted by Crippen LogP contribution is -2.19. The molecule has 0 saturated carbocycles. The lowest BCUT2D eigenvalue weighted by molar-refractivity contribution is 0.806. The number of aromatic nitrogens is 3. The van der Waals surface area contributed by atoms with Gasteiger partial charge in [0.2, 0.25) is 5.95 Å². The molecule has 0 aliphatic rings. The number of rotatable bonds is 4. The van der Waals surface area contributed by atoms with Gasteiger partial charge in [0.05, 0.1) is 5.69 Å². The standard InChI is InChI=1S/C15H21N5/c1-10(2)13-8-14(19-15(16)18-13)20(4)9-12-5-6-17-11(3)7-12/h5-8,10H,9H2,1-4H3,(H2,16,18,19). The minimum atomic E-state index is 0.323. The van der Waals surface area contributed by atoms with Crippen molar-refractivity contribution in [3.63, 3.8) is 0 Å². The highest BCUT2D eigenvalue weighted by atomic mass is 15.2. The zero-order valence-electron chi connectivity index (χ0n) is 12.5. The molecule has 2 aromatic rings. The number of pyridine rings is 1. The third kappa shape index (κ3) is 3.44. The van der Waals surface area contributed by atoms with Gasteiger partial charge in [-0.05, 0) is 30.5 Å². The van der Waals surface area contributed by atoms with Gasteiger partial charge in [-0.25, -0.2) is 4.98 Å². The molecule has 0 saturated heterocycles. The Balaban J connectivity index is 2.22. The summed E-state index contributed by atoms with van der Waals surface area (Å²) in [6.07, 6.45) is 1.83. The van der Waals surface area contributed by atoms with Crippen molar-refractivity contribution in [1.29, 1.82) is 0 Å². The molecular weight excluding hydrogens is 250 g/mol. The number of anilines is 2. The van der Waals surface area contributed by atoms with Crippen molar-refractivity contribution in [2.45, 2.75) is 33.2 Å². The lowest BCUT2D eigenvalue weighted by Gasteiger charge is -2.20. The largest absolute Gasteiger partial charge is 0.368 e. The third-order valence-electron chi connectivity index (χ3n) is 3.11. The Labute approximate surface area is 119 Å². The molecule has 0 aliphatic heterocycles. The number of nitrogens with zero attached hydrogens (tertiary/aromatic N) is 4. The molecule has 5 heteroatoms. The number of nitrogens with two attached hydrogens (primary N) is 1. The molecule has 0 bridgehead atoms. The van der Waals surface area contributed by atoms with E-state index in [9.17, 15) is 0 Å². The van der Waals surface area contributed by atoms with Gasteiger partial charge >= 0.3 is 0 Å². The summed E-state index contributed by atoms with van der Waals surface area (Å²) in [5.74, 6) is 1.50. The molecule has 0 aliphatic carbocycles. The van der Waals surface area contributed by atoms with Crippen LogP contribution in [0.25, 0.3) is 0 Å². The second-order valence-corrected chi connectivity index (χ2v) is 5.33. The van der Waals surface area contributed by atoms with E-state index in [2.05, 4.69) is 39.8 Å². The molecule has 2 heterocycles. The molecule has 0 unspecified atom stereocenters. The van der Waals surface area contributed by atoms with Crippen molar-refractivity contribution in [2.24, 2.45) is 0 Å². The normalized spacial score (nSPS) is 10.8. The number of nitrogen functional groups attached to an aromatic ring is 1. The van der Waals surface area contributed by atoms with Crippen molar-refractivity contribution in [3.05, 3.63) is 41.3 Å². The van der Waals surface area contributed by atoms with Crippen LogP contribution in [-0.2, 0) is 6.54 Å². The van der Waals surface area contributed by atoms with Crippen LogP contribution in [0.15, 0.2) is 24.4 Å². The lowest BCUT2D eigenvalue weighted by atomic mass is 10.1. The van der Waals surface area contributed by atoms with E-state index in [1.165, 1.54) is 5.56 Å². The third-order valence-corrected chi connectivity index (χ3v) is 3.11. The van der Waals surface area contributed by atoms with Crippen LogP contribution in [0.5, 0.6) is 0 Å². The SMILES string of the molecule is Cc1cc(CN(C)c2cc(C(C)C)nc(N)n2)ccn1. The van der Waals surface area contributed by atoms with Crippen molar-refractivity contribution in [2.75, 3.05) is 17.7 Å². The van der Waals surface area contributed by atoms with E-state index in [0.29, 0.717) is 11.9 Å². The fraction of sp³-hybridized carbons (Fsp3) is 0.400. The summed E-state index contributed by atoms with van der Waals surface area (Å²) in [6, 6.07) is 6.08. The molecule has 0 amide bonds. The fourth-order valence-electron chi connectivity index (χ4n) is 2.02. The molecule has 106 valence electrons. The zero-order valence-corrected chi connectivity index (χ0v) is 12.5. The quantitative estimate of drug-likeness (QED) is 0.925. The van der Waals surface area contributed by atoms with Gasteiger partial charge in [0.1, 0.15) is 5.82 Å². The van der Waals surface area contributed by atoms with Crippen LogP contribution in [0.4, 0.5) is 11.8 Å². The molecule has 0 fully saturated rings. The van der Waals surface area contributed by atoms with Crippen LogP contribution < -0.4 is 10.6 Å². The van der Waals surface area contributed by atoms with Gasteiger partial charge in [0, 0.05) is 31.5 Å². The molecule has 5 nitrogen and oxygen atoms in total. The van der Waals surface area contributed by atoms with Crippen molar-refractivity contribution < 1.29 is 0 Å². The molecule has 0 spiro atoms. The number of hydrogen-bond donors (Lipinski definition) is 1. The van der Waals surface area contributed by atoms with E-state index in [0.717, 1.165) is 23.8 Å². The Bertz CT molecular complexity index is 595. The summed E-state index contributed by atoms with van der Waals surface area (Å²) in [5.41, 5.74) is 8.97. The van der Waals surface area contributed by atoms with Crippen LogP contribution >= 0.6 is 0 Å². The summed E-state index contributed by atoms with van der Waals surface area (Å²) in [7, 11) is 2.00. The molecule has 2 rings (SSSR count). The van der Waals surface area contributed by atoms with Crippen molar-refractivity contribution in [3.8, 4) is 0 Å². The zero-order chi connectivity index (χ0) is 14.7. The van der Waals surface area contributed by atoms with Crippen LogP contribution in [0.2, 0.25) is 0 Å². The molecular formula is C15H21N5. The van der Waals surface area contributed by atoms with Gasteiger partial charge in [0.25, 0.3) is 0 Å². The Morgan fingerprint density at radius 1 is 1.25 bits per heavy atom. The van der Waals surface area contributed by atoms with Gasteiger partial charge in [-0.15, -0.1) is 0 Å². The predicted octanol–water partition coefficient (Wildman–Crippen LogP) is 2.52. The van der Waals surface area contributed by atoms with Crippen LogP contribution in [0.1, 0.15) is 36.7 Å². The molecule has 20 heavy (non-hydrogen) atoms. The summed E-state index contributed by atoms with van der Waals surface area (Å²) in [5, 5.41) is 0. The van der Waals surface area contributed by atoms with E-state index >= 15 is 0 Å². The predicted molar refractivity (Wildman–Crippen MR) is 81.6 cm³/mol. The first-order chi connectivity index (χ1) is 9.45. The Kier molecular flexibility index (Phi) is 4.17. The highest BCUT2D eigenvalue weighted by Gasteiger charge is 2.10. The highest BCUT2D eigenvalue weighted by Crippen LogP contribution is 2.20. The molecule has 0 atom stereocenters. The summed E-state index contributed by atoms with van der Waals surface area (Å²) in [4.78, 5) is 14.9. The van der Waals surface area contributed by atoms with Crippen LogP contribution in [0.3, 0.4) is 0 Å². The highest BCUT2D eigenvalue weighted by molar-refractivity contribution is 5.44. The Morgan fingerprint density at radius 2 is 2.00 bits per heavy atom. The maximum atomic E-state index is 5.79. The Morgan fingerprint density at radius 3 is 2.65 bits per heavy atom. The second kappa shape index (κ2) is 5.86. The van der Waals surface area contributed by atoms with Crippen molar-refractivity contribution in [1.82, 2.24) is 15.0 Å². The van der Waals surface area contributed by atoms with Crippen LogP contribution in [-0.4, -0.2) is 22.0 Å². The van der Waals surface area contributed by atoms with Gasteiger partial charge in [0.15, 0.2) is 0 Å². The van der Waals surface area contributed by atoms with Crippen LogP contribution in [0, 0.1) is 6.92 Å². The fourth-order valence-corrected chi connectivity index (χ4v) is 2.02. The number of hydrogen-bond acceptors (Lipinski definition) is 5. The average molecular weight is 271 g/mol. The maximum absolute atomic E-state index is 5.79. The first-order valence-corrected chi connectivity index (χ1v) is 6.73. The minimum absolute atomic E-state index is 0.323. The minimum Gasteiger partial charge on any atom is -0.368 e. The summed E-state index contributed by atoms with van der Waals surface area (Å²) >= 11 is 0. The summed E-state index contributed by atoms with van der Waals surface area (Å²) < 4.78 is 0. The first kappa shape index (κ1) is 14.2. The van der Waals surface area contributed by atoms with Gasteiger partial charge in [-0.3, -0.25) is 4.98 Å². The first-order valence-electron chi connectivity index (χ1n) is 6.73. The van der Waals surface area contributed by atoms with Crippen molar-refractivity contribution >= 4 is 11.8 Å². The maximum Gasteiger partial charge on any atom is 0.222 e. The number of aryl methyl sites for hydroxylation is 1. The van der Waals surface area contributed by atoms with E-state index in [4.69, 9.17) is 5.73 Å². The van der Waals surface area contributed by atoms with Gasteiger partial charge < -0.3 is 10.6 Å². The topological polar surface area (TPSA) is 67.9 Å².